The fraction of sp³-hybridized carbons (Fsp3) is 0.533. The Morgan fingerprint density at radius 3 is 2.81 bits per heavy atom. The van der Waals surface area contributed by atoms with Crippen molar-refractivity contribution in [1.82, 2.24) is 10.6 Å². The van der Waals surface area contributed by atoms with Gasteiger partial charge in [-0.2, -0.15) is 0 Å². The Morgan fingerprint density at radius 2 is 2.19 bits per heavy atom. The van der Waals surface area contributed by atoms with E-state index in [0.29, 0.717) is 13.0 Å². The highest BCUT2D eigenvalue weighted by Gasteiger charge is 2.17. The number of carbonyl (C=O) groups is 1. The number of morpholine rings is 1. The van der Waals surface area contributed by atoms with Crippen molar-refractivity contribution < 1.29 is 9.53 Å². The van der Waals surface area contributed by atoms with Gasteiger partial charge in [-0.05, 0) is 31.0 Å². The lowest BCUT2D eigenvalue weighted by Gasteiger charge is -2.24. The van der Waals surface area contributed by atoms with Crippen LogP contribution in [0.15, 0.2) is 28.7 Å². The molecule has 1 amide bonds. The van der Waals surface area contributed by atoms with Gasteiger partial charge >= 0.3 is 0 Å². The highest BCUT2D eigenvalue weighted by atomic mass is 79.9. The van der Waals surface area contributed by atoms with E-state index in [1.165, 1.54) is 5.56 Å². The van der Waals surface area contributed by atoms with Gasteiger partial charge in [0.1, 0.15) is 0 Å². The Bertz CT molecular complexity index is 436. The quantitative estimate of drug-likeness (QED) is 0.828. The van der Waals surface area contributed by atoms with Gasteiger partial charge in [0.2, 0.25) is 5.91 Å². The molecule has 0 aliphatic carbocycles. The molecular formula is C15H22BrClN2O2. The molecule has 0 saturated carbocycles. The molecule has 1 aliphatic rings. The van der Waals surface area contributed by atoms with E-state index in [0.717, 1.165) is 24.0 Å². The van der Waals surface area contributed by atoms with Crippen molar-refractivity contribution in [1.29, 1.82) is 0 Å². The van der Waals surface area contributed by atoms with Gasteiger partial charge in [0.25, 0.3) is 0 Å². The summed E-state index contributed by atoms with van der Waals surface area (Å²) in [5.41, 5.74) is 1.22. The van der Waals surface area contributed by atoms with Crippen LogP contribution in [0.1, 0.15) is 18.9 Å². The Balaban J connectivity index is 0.00000220. The molecule has 4 nitrogen and oxygen atoms in total. The highest BCUT2D eigenvalue weighted by molar-refractivity contribution is 9.10. The predicted octanol–water partition coefficient (Wildman–Crippen LogP) is 2.30. The summed E-state index contributed by atoms with van der Waals surface area (Å²) in [6, 6.07) is 8.46. The van der Waals surface area contributed by atoms with E-state index >= 15 is 0 Å². The van der Waals surface area contributed by atoms with Gasteiger partial charge in [-0.15, -0.1) is 12.4 Å². The first kappa shape index (κ1) is 18.4. The Morgan fingerprint density at radius 1 is 1.48 bits per heavy atom. The van der Waals surface area contributed by atoms with Gasteiger partial charge in [0.05, 0.1) is 13.2 Å². The van der Waals surface area contributed by atoms with Crippen LogP contribution in [0.2, 0.25) is 0 Å². The standard InChI is InChI=1S/C15H21BrN2O2.ClH/c1-11(8-12-2-4-13(16)5-3-12)18-15(19)9-14-10-20-7-6-17-14;/h2-5,11,14,17H,6-10H2,1H3,(H,18,19);1H. The molecule has 2 unspecified atom stereocenters. The molecule has 1 heterocycles. The molecule has 118 valence electrons. The number of hydrogen-bond donors (Lipinski definition) is 2. The zero-order chi connectivity index (χ0) is 14.4. The molecular weight excluding hydrogens is 356 g/mol. The minimum absolute atomic E-state index is 0. The van der Waals surface area contributed by atoms with E-state index in [9.17, 15) is 4.79 Å². The monoisotopic (exact) mass is 376 g/mol. The second-order valence-electron chi connectivity index (χ2n) is 5.23. The van der Waals surface area contributed by atoms with Gasteiger partial charge in [-0.3, -0.25) is 4.79 Å². The fourth-order valence-corrected chi connectivity index (χ4v) is 2.60. The smallest absolute Gasteiger partial charge is 0.221 e. The van der Waals surface area contributed by atoms with Crippen LogP contribution in [0.25, 0.3) is 0 Å². The lowest BCUT2D eigenvalue weighted by Crippen LogP contribution is -2.45. The average molecular weight is 378 g/mol. The van der Waals surface area contributed by atoms with Gasteiger partial charge in [-0.25, -0.2) is 0 Å². The number of hydrogen-bond acceptors (Lipinski definition) is 3. The first-order chi connectivity index (χ1) is 9.63. The zero-order valence-corrected chi connectivity index (χ0v) is 14.5. The van der Waals surface area contributed by atoms with Crippen molar-refractivity contribution in [3.8, 4) is 0 Å². The Hall–Kier alpha value is -0.620. The molecule has 6 heteroatoms. The molecule has 1 aromatic rings. The maximum Gasteiger partial charge on any atom is 0.221 e. The van der Waals surface area contributed by atoms with E-state index in [1.807, 2.05) is 19.1 Å². The normalized spacial score (nSPS) is 19.4. The summed E-state index contributed by atoms with van der Waals surface area (Å²) in [6.45, 7) is 4.21. The molecule has 1 aromatic carbocycles. The number of rotatable bonds is 5. The highest BCUT2D eigenvalue weighted by Crippen LogP contribution is 2.12. The van der Waals surface area contributed by atoms with Crippen molar-refractivity contribution in [2.45, 2.75) is 31.8 Å². The van der Waals surface area contributed by atoms with Crippen LogP contribution in [-0.4, -0.2) is 37.7 Å². The summed E-state index contributed by atoms with van der Waals surface area (Å²) in [4.78, 5) is 12.0. The molecule has 1 aliphatic heterocycles. The average Bonchev–Trinajstić information content (AvgIpc) is 2.42. The molecule has 0 bridgehead atoms. The first-order valence-corrected chi connectivity index (χ1v) is 7.77. The Labute approximate surface area is 140 Å². The topological polar surface area (TPSA) is 50.4 Å². The second kappa shape index (κ2) is 9.41. The van der Waals surface area contributed by atoms with Crippen LogP contribution in [0.5, 0.6) is 0 Å². The maximum atomic E-state index is 12.0. The molecule has 21 heavy (non-hydrogen) atoms. The maximum absolute atomic E-state index is 12.0. The second-order valence-corrected chi connectivity index (χ2v) is 6.14. The lowest BCUT2D eigenvalue weighted by atomic mass is 10.1. The molecule has 1 saturated heterocycles. The minimum atomic E-state index is 0. The summed E-state index contributed by atoms with van der Waals surface area (Å²) in [5.74, 6) is 0.0811. The number of benzene rings is 1. The minimum Gasteiger partial charge on any atom is -0.378 e. The molecule has 2 atom stereocenters. The van der Waals surface area contributed by atoms with E-state index in [2.05, 4.69) is 38.7 Å². The van der Waals surface area contributed by atoms with Crippen molar-refractivity contribution in [3.05, 3.63) is 34.3 Å². The van der Waals surface area contributed by atoms with Crippen molar-refractivity contribution in [2.75, 3.05) is 19.8 Å². The number of carbonyl (C=O) groups excluding carboxylic acids is 1. The number of ether oxygens (including phenoxy) is 1. The lowest BCUT2D eigenvalue weighted by molar-refractivity contribution is -0.122. The number of halogens is 2. The van der Waals surface area contributed by atoms with Crippen LogP contribution in [0.4, 0.5) is 0 Å². The predicted molar refractivity (Wildman–Crippen MR) is 89.9 cm³/mol. The number of nitrogens with one attached hydrogen (secondary N) is 2. The van der Waals surface area contributed by atoms with E-state index < -0.39 is 0 Å². The third-order valence-electron chi connectivity index (χ3n) is 3.29. The molecule has 1 fully saturated rings. The van der Waals surface area contributed by atoms with Gasteiger partial charge in [-0.1, -0.05) is 28.1 Å². The summed E-state index contributed by atoms with van der Waals surface area (Å²) in [5, 5.41) is 6.33. The van der Waals surface area contributed by atoms with Gasteiger partial charge in [0.15, 0.2) is 0 Å². The van der Waals surface area contributed by atoms with Crippen LogP contribution >= 0.6 is 28.3 Å². The SMILES string of the molecule is CC(Cc1ccc(Br)cc1)NC(=O)CC1COCCN1.Cl. The van der Waals surface area contributed by atoms with Gasteiger partial charge in [0, 0.05) is 29.5 Å². The van der Waals surface area contributed by atoms with Crippen molar-refractivity contribution in [3.63, 3.8) is 0 Å². The largest absolute Gasteiger partial charge is 0.378 e. The van der Waals surface area contributed by atoms with Crippen LogP contribution in [0.3, 0.4) is 0 Å². The first-order valence-electron chi connectivity index (χ1n) is 6.98. The third kappa shape index (κ3) is 6.78. The summed E-state index contributed by atoms with van der Waals surface area (Å²) >= 11 is 3.42. The van der Waals surface area contributed by atoms with Crippen LogP contribution in [-0.2, 0) is 16.0 Å². The Kier molecular flexibility index (Phi) is 8.26. The molecule has 0 radical (unpaired) electrons. The van der Waals surface area contributed by atoms with E-state index in [1.54, 1.807) is 0 Å². The zero-order valence-electron chi connectivity index (χ0n) is 12.1. The molecule has 0 aromatic heterocycles. The number of amides is 1. The molecule has 0 spiro atoms. The van der Waals surface area contributed by atoms with Crippen molar-refractivity contribution >= 4 is 34.2 Å². The van der Waals surface area contributed by atoms with Crippen LogP contribution < -0.4 is 10.6 Å². The third-order valence-corrected chi connectivity index (χ3v) is 3.82. The molecule has 2 N–H and O–H groups in total. The van der Waals surface area contributed by atoms with E-state index in [4.69, 9.17) is 4.74 Å². The molecule has 2 rings (SSSR count). The van der Waals surface area contributed by atoms with Gasteiger partial charge < -0.3 is 15.4 Å². The summed E-state index contributed by atoms with van der Waals surface area (Å²) in [6.07, 6.45) is 1.32. The van der Waals surface area contributed by atoms with E-state index in [-0.39, 0.29) is 30.4 Å². The van der Waals surface area contributed by atoms with Crippen LogP contribution in [0, 0.1) is 0 Å². The van der Waals surface area contributed by atoms with Crippen molar-refractivity contribution in [2.24, 2.45) is 0 Å². The summed E-state index contributed by atoms with van der Waals surface area (Å²) < 4.78 is 6.42. The summed E-state index contributed by atoms with van der Waals surface area (Å²) in [7, 11) is 0. The fourth-order valence-electron chi connectivity index (χ4n) is 2.33.